The highest BCUT2D eigenvalue weighted by Gasteiger charge is 2.16. The standard InChI is InChI=1S/C14H15BrClNS/c1-10(14-4-3-7-18-14)17(2)13-8-12(15)6-5-11(13)9-16/h3-8,10H,9H2,1-2H3. The quantitative estimate of drug-likeness (QED) is 0.667. The van der Waals surface area contributed by atoms with Crippen LogP contribution in [0.25, 0.3) is 0 Å². The molecule has 0 aliphatic heterocycles. The summed E-state index contributed by atoms with van der Waals surface area (Å²) < 4.78 is 1.08. The highest BCUT2D eigenvalue weighted by Crippen LogP contribution is 2.32. The summed E-state index contributed by atoms with van der Waals surface area (Å²) in [5.74, 6) is 0.532. The molecule has 1 atom stereocenters. The zero-order chi connectivity index (χ0) is 13.1. The summed E-state index contributed by atoms with van der Waals surface area (Å²) in [5, 5.41) is 2.11. The van der Waals surface area contributed by atoms with Gasteiger partial charge in [0.1, 0.15) is 0 Å². The third-order valence-electron chi connectivity index (χ3n) is 3.11. The lowest BCUT2D eigenvalue weighted by molar-refractivity contribution is 0.751. The summed E-state index contributed by atoms with van der Waals surface area (Å²) in [6.07, 6.45) is 0. The van der Waals surface area contributed by atoms with E-state index in [1.165, 1.54) is 10.6 Å². The predicted molar refractivity (Wildman–Crippen MR) is 84.8 cm³/mol. The van der Waals surface area contributed by atoms with Gasteiger partial charge in [-0.2, -0.15) is 0 Å². The fourth-order valence-corrected chi connectivity index (χ4v) is 3.31. The number of thiophene rings is 1. The number of benzene rings is 1. The second kappa shape index (κ2) is 6.09. The fraction of sp³-hybridized carbons (Fsp3) is 0.286. The van der Waals surface area contributed by atoms with Gasteiger partial charge in [-0.05, 0) is 36.1 Å². The van der Waals surface area contributed by atoms with Gasteiger partial charge >= 0.3 is 0 Å². The Hall–Kier alpha value is -0.510. The van der Waals surface area contributed by atoms with Gasteiger partial charge in [-0.1, -0.05) is 28.1 Å². The minimum Gasteiger partial charge on any atom is -0.367 e. The van der Waals surface area contributed by atoms with E-state index in [1.807, 2.05) is 6.07 Å². The second-order valence-electron chi connectivity index (χ2n) is 4.21. The molecule has 0 saturated carbocycles. The van der Waals surface area contributed by atoms with E-state index in [4.69, 9.17) is 11.6 Å². The average molecular weight is 345 g/mol. The number of rotatable bonds is 4. The Morgan fingerprint density at radius 2 is 2.17 bits per heavy atom. The summed E-state index contributed by atoms with van der Waals surface area (Å²) in [6.45, 7) is 2.21. The molecule has 1 unspecified atom stereocenters. The molecule has 1 aromatic carbocycles. The monoisotopic (exact) mass is 343 g/mol. The highest BCUT2D eigenvalue weighted by molar-refractivity contribution is 9.10. The maximum atomic E-state index is 6.02. The molecule has 0 spiro atoms. The van der Waals surface area contributed by atoms with E-state index in [-0.39, 0.29) is 0 Å². The lowest BCUT2D eigenvalue weighted by Crippen LogP contribution is -2.22. The molecule has 0 aliphatic carbocycles. The normalized spacial score (nSPS) is 12.4. The maximum Gasteiger partial charge on any atom is 0.0603 e. The zero-order valence-electron chi connectivity index (χ0n) is 10.4. The molecule has 0 radical (unpaired) electrons. The lowest BCUT2D eigenvalue weighted by atomic mass is 10.1. The van der Waals surface area contributed by atoms with Crippen molar-refractivity contribution in [2.75, 3.05) is 11.9 Å². The number of alkyl halides is 1. The van der Waals surface area contributed by atoms with Gasteiger partial charge in [0.2, 0.25) is 0 Å². The summed E-state index contributed by atoms with van der Waals surface area (Å²) in [6, 6.07) is 10.8. The first-order valence-corrected chi connectivity index (χ1v) is 7.95. The van der Waals surface area contributed by atoms with Crippen LogP contribution in [0.15, 0.2) is 40.2 Å². The zero-order valence-corrected chi connectivity index (χ0v) is 13.5. The number of nitrogens with zero attached hydrogens (tertiary/aromatic N) is 1. The lowest BCUT2D eigenvalue weighted by Gasteiger charge is -2.28. The molecule has 1 aromatic heterocycles. The Kier molecular flexibility index (Phi) is 4.71. The van der Waals surface area contributed by atoms with Crippen LogP contribution in [0.4, 0.5) is 5.69 Å². The summed E-state index contributed by atoms with van der Waals surface area (Å²) in [5.41, 5.74) is 2.34. The molecule has 18 heavy (non-hydrogen) atoms. The SMILES string of the molecule is CC(c1cccs1)N(C)c1cc(Br)ccc1CCl. The molecule has 0 N–H and O–H groups in total. The first-order valence-electron chi connectivity index (χ1n) is 5.74. The first kappa shape index (κ1) is 13.9. The molecule has 1 nitrogen and oxygen atoms in total. The minimum atomic E-state index is 0.348. The van der Waals surface area contributed by atoms with Crippen molar-refractivity contribution in [2.45, 2.75) is 18.8 Å². The van der Waals surface area contributed by atoms with Crippen LogP contribution < -0.4 is 4.90 Å². The molecule has 96 valence electrons. The predicted octanol–water partition coefficient (Wildman–Crippen LogP) is 5.45. The number of hydrogen-bond donors (Lipinski definition) is 0. The van der Waals surface area contributed by atoms with Gasteiger partial charge in [-0.3, -0.25) is 0 Å². The van der Waals surface area contributed by atoms with Gasteiger partial charge in [-0.15, -0.1) is 22.9 Å². The van der Waals surface area contributed by atoms with Crippen molar-refractivity contribution in [3.63, 3.8) is 0 Å². The maximum absolute atomic E-state index is 6.02. The largest absolute Gasteiger partial charge is 0.367 e. The first-order chi connectivity index (χ1) is 8.63. The molecular weight excluding hydrogens is 330 g/mol. The van der Waals surface area contributed by atoms with Crippen LogP contribution >= 0.6 is 38.9 Å². The molecular formula is C14H15BrClNS. The number of halogens is 2. The van der Waals surface area contributed by atoms with Gasteiger partial charge in [0.15, 0.2) is 0 Å². The van der Waals surface area contributed by atoms with E-state index in [0.717, 1.165) is 10.0 Å². The Morgan fingerprint density at radius 1 is 1.39 bits per heavy atom. The highest BCUT2D eigenvalue weighted by atomic mass is 79.9. The van der Waals surface area contributed by atoms with Crippen LogP contribution in [-0.2, 0) is 5.88 Å². The fourth-order valence-electron chi connectivity index (χ4n) is 1.91. The molecule has 0 saturated heterocycles. The molecule has 0 bridgehead atoms. The third kappa shape index (κ3) is 2.90. The van der Waals surface area contributed by atoms with Crippen molar-refractivity contribution in [1.29, 1.82) is 0 Å². The topological polar surface area (TPSA) is 3.24 Å². The van der Waals surface area contributed by atoms with Gasteiger partial charge in [-0.25, -0.2) is 0 Å². The Balaban J connectivity index is 2.33. The van der Waals surface area contributed by atoms with Crippen molar-refractivity contribution < 1.29 is 0 Å². The van der Waals surface area contributed by atoms with E-state index in [9.17, 15) is 0 Å². The molecule has 0 aliphatic rings. The average Bonchev–Trinajstić information content (AvgIpc) is 2.90. The number of hydrogen-bond acceptors (Lipinski definition) is 2. The van der Waals surface area contributed by atoms with Crippen molar-refractivity contribution in [3.05, 3.63) is 50.6 Å². The molecule has 4 heteroatoms. The Morgan fingerprint density at radius 3 is 2.78 bits per heavy atom. The van der Waals surface area contributed by atoms with E-state index >= 15 is 0 Å². The van der Waals surface area contributed by atoms with Crippen LogP contribution in [0, 0.1) is 0 Å². The van der Waals surface area contributed by atoms with E-state index in [0.29, 0.717) is 11.9 Å². The molecule has 1 heterocycles. The smallest absolute Gasteiger partial charge is 0.0603 e. The molecule has 2 rings (SSSR count). The van der Waals surface area contributed by atoms with Crippen LogP contribution in [0.5, 0.6) is 0 Å². The van der Waals surface area contributed by atoms with E-state index in [1.54, 1.807) is 11.3 Å². The van der Waals surface area contributed by atoms with Crippen LogP contribution in [0.2, 0.25) is 0 Å². The summed E-state index contributed by atoms with van der Waals surface area (Å²) in [7, 11) is 2.11. The van der Waals surface area contributed by atoms with Gasteiger partial charge in [0, 0.05) is 28.0 Å². The van der Waals surface area contributed by atoms with Gasteiger partial charge < -0.3 is 4.90 Å². The van der Waals surface area contributed by atoms with Crippen molar-refractivity contribution in [1.82, 2.24) is 0 Å². The second-order valence-corrected chi connectivity index (χ2v) is 6.37. The Labute approximate surface area is 126 Å². The van der Waals surface area contributed by atoms with Crippen LogP contribution in [-0.4, -0.2) is 7.05 Å². The van der Waals surface area contributed by atoms with Crippen molar-refractivity contribution in [3.8, 4) is 0 Å². The molecule has 0 amide bonds. The van der Waals surface area contributed by atoms with Crippen LogP contribution in [0.3, 0.4) is 0 Å². The van der Waals surface area contributed by atoms with Crippen molar-refractivity contribution >= 4 is 44.6 Å². The van der Waals surface area contributed by atoms with E-state index < -0.39 is 0 Å². The molecule has 2 aromatic rings. The Bertz CT molecular complexity index is 513. The number of anilines is 1. The van der Waals surface area contributed by atoms with Gasteiger partial charge in [0.25, 0.3) is 0 Å². The third-order valence-corrected chi connectivity index (χ3v) is 4.93. The minimum absolute atomic E-state index is 0.348. The molecule has 0 fully saturated rings. The van der Waals surface area contributed by atoms with Gasteiger partial charge in [0.05, 0.1) is 6.04 Å². The summed E-state index contributed by atoms with van der Waals surface area (Å²) in [4.78, 5) is 3.63. The summed E-state index contributed by atoms with van der Waals surface area (Å²) >= 11 is 11.3. The van der Waals surface area contributed by atoms with Crippen molar-refractivity contribution in [2.24, 2.45) is 0 Å². The van der Waals surface area contributed by atoms with Crippen LogP contribution in [0.1, 0.15) is 23.4 Å². The van der Waals surface area contributed by atoms with E-state index in [2.05, 4.69) is 64.4 Å².